The van der Waals surface area contributed by atoms with E-state index in [2.05, 4.69) is 69.0 Å². The molecule has 1 heteroatoms. The summed E-state index contributed by atoms with van der Waals surface area (Å²) in [6.07, 6.45) is 14.3. The van der Waals surface area contributed by atoms with E-state index in [0.29, 0.717) is 11.7 Å². The third-order valence-electron chi connectivity index (χ3n) is 7.73. The van der Waals surface area contributed by atoms with Gasteiger partial charge >= 0.3 is 0 Å². The van der Waals surface area contributed by atoms with E-state index in [1.807, 2.05) is 6.08 Å². The van der Waals surface area contributed by atoms with E-state index >= 15 is 0 Å². The van der Waals surface area contributed by atoms with Crippen LogP contribution in [-0.4, -0.2) is 5.78 Å². The monoisotopic (exact) mass is 426 g/mol. The second kappa shape index (κ2) is 10.5. The molecule has 0 bridgehead atoms. The van der Waals surface area contributed by atoms with Crippen LogP contribution in [0.1, 0.15) is 98.9 Å². The zero-order chi connectivity index (χ0) is 22.5. The van der Waals surface area contributed by atoms with Gasteiger partial charge in [0.1, 0.15) is 5.78 Å². The van der Waals surface area contributed by atoms with Gasteiger partial charge in [0.25, 0.3) is 0 Å². The number of Topliss-reactive ketones (excluding diaryl/α,β-unsaturated/α-hetero) is 1. The molecule has 0 aromatic heterocycles. The van der Waals surface area contributed by atoms with E-state index in [0.717, 1.165) is 38.5 Å². The van der Waals surface area contributed by atoms with Crippen molar-refractivity contribution in [3.63, 3.8) is 0 Å². The summed E-state index contributed by atoms with van der Waals surface area (Å²) >= 11 is 0. The second-order valence-electron chi connectivity index (χ2n) is 9.94. The highest BCUT2D eigenvalue weighted by atomic mass is 16.1. The highest BCUT2D eigenvalue weighted by Crippen LogP contribution is 2.39. The molecule has 4 rings (SSSR count). The Morgan fingerprint density at radius 2 is 1.97 bits per heavy atom. The third kappa shape index (κ3) is 4.98. The number of rotatable bonds is 8. The maximum Gasteiger partial charge on any atom is 0.138 e. The van der Waals surface area contributed by atoms with Crippen LogP contribution in [-0.2, 0) is 11.2 Å². The Balaban J connectivity index is 1.49. The topological polar surface area (TPSA) is 17.1 Å². The Kier molecular flexibility index (Phi) is 7.45. The van der Waals surface area contributed by atoms with Gasteiger partial charge in [0.2, 0.25) is 0 Å². The van der Waals surface area contributed by atoms with Gasteiger partial charge in [-0.3, -0.25) is 4.79 Å². The minimum atomic E-state index is 0.228. The van der Waals surface area contributed by atoms with Gasteiger partial charge in [-0.05, 0) is 77.8 Å². The molecule has 0 saturated heterocycles. The SMILES string of the molecule is C=Cc1ccc(C2CCCC(C(=O)[C@@H](C)CCCC)CC2)cc1C1=Cc2ccccc2C1. The summed E-state index contributed by atoms with van der Waals surface area (Å²) < 4.78 is 0. The lowest BCUT2D eigenvalue weighted by Crippen LogP contribution is -2.21. The minimum absolute atomic E-state index is 0.228. The number of carbonyl (C=O) groups excluding carboxylic acids is 1. The van der Waals surface area contributed by atoms with E-state index in [-0.39, 0.29) is 11.8 Å². The van der Waals surface area contributed by atoms with Crippen LogP contribution in [0.25, 0.3) is 17.7 Å². The van der Waals surface area contributed by atoms with E-state index in [1.54, 1.807) is 0 Å². The van der Waals surface area contributed by atoms with Crippen molar-refractivity contribution in [3.8, 4) is 0 Å². The summed E-state index contributed by atoms with van der Waals surface area (Å²) in [4.78, 5) is 13.0. The molecule has 1 nitrogen and oxygen atoms in total. The smallest absolute Gasteiger partial charge is 0.138 e. The van der Waals surface area contributed by atoms with Crippen LogP contribution < -0.4 is 0 Å². The number of hydrogen-bond acceptors (Lipinski definition) is 1. The standard InChI is InChI=1S/C31H38O/c1-4-6-10-22(3)31(32)25-14-9-13-24(16-17-25)28-18-15-23(5-2)30(21-28)29-19-26-11-7-8-12-27(26)20-29/h5,7-8,11-12,15,18-19,21-22,24-25H,2,4,6,9-10,13-14,16-17,20H2,1,3H3/t22-,24?,25?/m0/s1. The molecule has 32 heavy (non-hydrogen) atoms. The number of ketones is 1. The maximum absolute atomic E-state index is 13.0. The van der Waals surface area contributed by atoms with Gasteiger partial charge in [-0.1, -0.05) is 94.3 Å². The van der Waals surface area contributed by atoms with E-state index < -0.39 is 0 Å². The zero-order valence-electron chi connectivity index (χ0n) is 19.9. The van der Waals surface area contributed by atoms with Crippen LogP contribution in [0.15, 0.2) is 49.0 Å². The Hall–Kier alpha value is -2.41. The van der Waals surface area contributed by atoms with Crippen LogP contribution in [0.5, 0.6) is 0 Å². The van der Waals surface area contributed by atoms with Crippen molar-refractivity contribution in [1.82, 2.24) is 0 Å². The highest BCUT2D eigenvalue weighted by Gasteiger charge is 2.28. The molecule has 0 N–H and O–H groups in total. The number of fused-ring (bicyclic) bond motifs is 1. The highest BCUT2D eigenvalue weighted by molar-refractivity contribution is 5.91. The summed E-state index contributed by atoms with van der Waals surface area (Å²) in [5.74, 6) is 1.58. The number of benzene rings is 2. The van der Waals surface area contributed by atoms with E-state index in [9.17, 15) is 4.79 Å². The van der Waals surface area contributed by atoms with Crippen molar-refractivity contribution in [3.05, 3.63) is 76.9 Å². The molecule has 1 saturated carbocycles. The lowest BCUT2D eigenvalue weighted by molar-refractivity contribution is -0.126. The molecule has 2 aromatic carbocycles. The van der Waals surface area contributed by atoms with Crippen LogP contribution in [0.3, 0.4) is 0 Å². The van der Waals surface area contributed by atoms with Crippen molar-refractivity contribution < 1.29 is 4.79 Å². The predicted molar refractivity (Wildman–Crippen MR) is 138 cm³/mol. The Bertz CT molecular complexity index is 995. The third-order valence-corrected chi connectivity index (χ3v) is 7.73. The molecule has 0 spiro atoms. The quantitative estimate of drug-likeness (QED) is 0.387. The fraction of sp³-hybridized carbons (Fsp3) is 0.452. The lowest BCUT2D eigenvalue weighted by Gasteiger charge is -2.19. The van der Waals surface area contributed by atoms with Crippen LogP contribution in [0.2, 0.25) is 0 Å². The van der Waals surface area contributed by atoms with Crippen LogP contribution in [0.4, 0.5) is 0 Å². The first-order valence-electron chi connectivity index (χ1n) is 12.7. The van der Waals surface area contributed by atoms with E-state index in [1.165, 1.54) is 52.7 Å². The molecular weight excluding hydrogens is 388 g/mol. The molecule has 2 aliphatic rings. The average Bonchev–Trinajstić information content (AvgIpc) is 3.11. The number of carbonyl (C=O) groups is 1. The van der Waals surface area contributed by atoms with E-state index in [4.69, 9.17) is 0 Å². The first-order valence-corrected chi connectivity index (χ1v) is 12.7. The number of hydrogen-bond donors (Lipinski definition) is 0. The molecule has 2 aromatic rings. The van der Waals surface area contributed by atoms with Crippen molar-refractivity contribution in [2.75, 3.05) is 0 Å². The minimum Gasteiger partial charge on any atom is -0.299 e. The Labute approximate surface area is 194 Å². The fourth-order valence-electron chi connectivity index (χ4n) is 5.71. The number of allylic oxidation sites excluding steroid dienone is 1. The first kappa shape index (κ1) is 22.8. The van der Waals surface area contributed by atoms with Gasteiger partial charge < -0.3 is 0 Å². The van der Waals surface area contributed by atoms with Gasteiger partial charge in [-0.2, -0.15) is 0 Å². The summed E-state index contributed by atoms with van der Waals surface area (Å²) in [7, 11) is 0. The predicted octanol–water partition coefficient (Wildman–Crippen LogP) is 8.49. The molecule has 2 unspecified atom stereocenters. The molecule has 2 aliphatic carbocycles. The summed E-state index contributed by atoms with van der Waals surface area (Å²) in [5, 5.41) is 0. The van der Waals surface area contributed by atoms with Gasteiger partial charge in [-0.25, -0.2) is 0 Å². The van der Waals surface area contributed by atoms with Crippen LogP contribution >= 0.6 is 0 Å². The molecule has 1 fully saturated rings. The van der Waals surface area contributed by atoms with Gasteiger partial charge in [-0.15, -0.1) is 0 Å². The van der Waals surface area contributed by atoms with Gasteiger partial charge in [0.05, 0.1) is 0 Å². The Morgan fingerprint density at radius 1 is 1.12 bits per heavy atom. The molecule has 0 amide bonds. The van der Waals surface area contributed by atoms with Crippen molar-refractivity contribution in [2.24, 2.45) is 11.8 Å². The summed E-state index contributed by atoms with van der Waals surface area (Å²) in [5.41, 5.74) is 8.15. The largest absolute Gasteiger partial charge is 0.299 e. The average molecular weight is 427 g/mol. The summed E-state index contributed by atoms with van der Waals surface area (Å²) in [6.45, 7) is 8.43. The molecule has 0 aliphatic heterocycles. The molecule has 0 heterocycles. The first-order chi connectivity index (χ1) is 15.6. The summed E-state index contributed by atoms with van der Waals surface area (Å²) in [6, 6.07) is 15.7. The van der Waals surface area contributed by atoms with Crippen molar-refractivity contribution in [1.29, 1.82) is 0 Å². The normalized spacial score (nSPS) is 21.4. The van der Waals surface area contributed by atoms with Crippen LogP contribution in [0, 0.1) is 11.8 Å². The van der Waals surface area contributed by atoms with Gasteiger partial charge in [0.15, 0.2) is 0 Å². The molecular formula is C31H38O. The lowest BCUT2D eigenvalue weighted by atomic mass is 9.84. The number of unbranched alkanes of at least 4 members (excludes halogenated alkanes) is 1. The van der Waals surface area contributed by atoms with Gasteiger partial charge in [0, 0.05) is 11.8 Å². The molecule has 168 valence electrons. The maximum atomic E-state index is 13.0. The molecule has 0 radical (unpaired) electrons. The zero-order valence-corrected chi connectivity index (χ0v) is 19.9. The molecule has 3 atom stereocenters. The second-order valence-corrected chi connectivity index (χ2v) is 9.94. The van der Waals surface area contributed by atoms with Crippen molar-refractivity contribution in [2.45, 2.75) is 77.6 Å². The Morgan fingerprint density at radius 3 is 2.75 bits per heavy atom. The van der Waals surface area contributed by atoms with Crippen molar-refractivity contribution >= 4 is 23.5 Å². The fourth-order valence-corrected chi connectivity index (χ4v) is 5.71.